The van der Waals surface area contributed by atoms with Gasteiger partial charge in [0.2, 0.25) is 0 Å². The molecule has 1 aromatic heterocycles. The SMILES string of the molecule is CCN(CC)CCN(C(=O)C=Cc1ccccc1Cl)c1nc2c(OC)cccc2s1. The molecule has 0 N–H and O–H groups in total. The quantitative estimate of drug-likeness (QED) is 0.418. The van der Waals surface area contributed by atoms with Crippen molar-refractivity contribution >= 4 is 50.3 Å². The van der Waals surface area contributed by atoms with Crippen molar-refractivity contribution in [1.29, 1.82) is 0 Å². The first kappa shape index (κ1) is 22.3. The molecule has 0 saturated carbocycles. The van der Waals surface area contributed by atoms with Gasteiger partial charge in [-0.3, -0.25) is 9.69 Å². The van der Waals surface area contributed by atoms with Crippen LogP contribution in [0.2, 0.25) is 5.02 Å². The Morgan fingerprint density at radius 3 is 2.60 bits per heavy atom. The van der Waals surface area contributed by atoms with Gasteiger partial charge in [-0.25, -0.2) is 4.98 Å². The van der Waals surface area contributed by atoms with E-state index in [4.69, 9.17) is 21.3 Å². The molecule has 3 aromatic rings. The third-order valence-electron chi connectivity index (χ3n) is 4.93. The van der Waals surface area contributed by atoms with Crippen LogP contribution in [-0.4, -0.2) is 49.1 Å². The van der Waals surface area contributed by atoms with E-state index in [0.29, 0.717) is 22.4 Å². The number of hydrogen-bond donors (Lipinski definition) is 0. The zero-order chi connectivity index (χ0) is 21.5. The lowest BCUT2D eigenvalue weighted by molar-refractivity contribution is -0.114. The van der Waals surface area contributed by atoms with Crippen molar-refractivity contribution in [3.63, 3.8) is 0 Å². The molecular formula is C23H26ClN3O2S. The van der Waals surface area contributed by atoms with E-state index in [1.165, 1.54) is 11.3 Å². The van der Waals surface area contributed by atoms with E-state index in [-0.39, 0.29) is 5.91 Å². The van der Waals surface area contributed by atoms with Crippen molar-refractivity contribution < 1.29 is 9.53 Å². The Hall–Kier alpha value is -2.41. The largest absolute Gasteiger partial charge is 0.494 e. The summed E-state index contributed by atoms with van der Waals surface area (Å²) in [4.78, 5) is 21.9. The van der Waals surface area contributed by atoms with Crippen LogP contribution in [0.4, 0.5) is 5.13 Å². The third-order valence-corrected chi connectivity index (χ3v) is 6.32. The first-order chi connectivity index (χ1) is 14.6. The Kier molecular flexibility index (Phi) is 7.85. The second-order valence-electron chi connectivity index (χ2n) is 6.68. The first-order valence-electron chi connectivity index (χ1n) is 9.97. The third kappa shape index (κ3) is 5.19. The molecule has 158 valence electrons. The van der Waals surface area contributed by atoms with Gasteiger partial charge >= 0.3 is 0 Å². The predicted octanol–water partition coefficient (Wildman–Crippen LogP) is 5.35. The number of likely N-dealkylation sites (N-methyl/N-ethyl adjacent to an activating group) is 1. The van der Waals surface area contributed by atoms with Gasteiger partial charge in [0.15, 0.2) is 5.13 Å². The van der Waals surface area contributed by atoms with Crippen LogP contribution in [0.5, 0.6) is 5.75 Å². The normalized spacial score (nSPS) is 11.5. The van der Waals surface area contributed by atoms with Gasteiger partial charge in [0.25, 0.3) is 5.91 Å². The number of benzene rings is 2. The molecule has 0 fully saturated rings. The minimum atomic E-state index is -0.125. The average molecular weight is 444 g/mol. The van der Waals surface area contributed by atoms with Crippen molar-refractivity contribution in [3.05, 3.63) is 59.1 Å². The van der Waals surface area contributed by atoms with Gasteiger partial charge in [-0.15, -0.1) is 0 Å². The molecule has 0 aliphatic rings. The smallest absolute Gasteiger partial charge is 0.252 e. The maximum atomic E-state index is 13.2. The number of ether oxygens (including phenoxy) is 1. The Labute approximate surface area is 186 Å². The van der Waals surface area contributed by atoms with Gasteiger partial charge in [-0.05, 0) is 42.9 Å². The highest BCUT2D eigenvalue weighted by atomic mass is 35.5. The Morgan fingerprint density at radius 1 is 1.13 bits per heavy atom. The number of amides is 1. The van der Waals surface area contributed by atoms with Gasteiger partial charge in [0.1, 0.15) is 11.3 Å². The monoisotopic (exact) mass is 443 g/mol. The van der Waals surface area contributed by atoms with Crippen LogP contribution >= 0.6 is 22.9 Å². The van der Waals surface area contributed by atoms with E-state index in [2.05, 4.69) is 18.7 Å². The van der Waals surface area contributed by atoms with Crippen LogP contribution in [0.1, 0.15) is 19.4 Å². The van der Waals surface area contributed by atoms with Crippen LogP contribution in [0, 0.1) is 0 Å². The molecule has 0 bridgehead atoms. The molecule has 0 unspecified atom stereocenters. The van der Waals surface area contributed by atoms with E-state index < -0.39 is 0 Å². The van der Waals surface area contributed by atoms with Crippen molar-refractivity contribution in [2.75, 3.05) is 38.2 Å². The molecule has 0 aliphatic heterocycles. The molecule has 1 amide bonds. The zero-order valence-corrected chi connectivity index (χ0v) is 19.0. The molecule has 0 atom stereocenters. The van der Waals surface area contributed by atoms with Crippen LogP contribution < -0.4 is 9.64 Å². The van der Waals surface area contributed by atoms with Gasteiger partial charge < -0.3 is 9.64 Å². The standard InChI is InChI=1S/C23H26ClN3O2S/c1-4-26(5-2)15-16-27(21(28)14-13-17-9-6-7-10-18(17)24)23-25-22-19(29-3)11-8-12-20(22)30-23/h6-14H,4-5,15-16H2,1-3H3. The summed E-state index contributed by atoms with van der Waals surface area (Å²) in [6.07, 6.45) is 3.32. The molecule has 0 spiro atoms. The number of halogens is 1. The van der Waals surface area contributed by atoms with E-state index in [1.54, 1.807) is 24.2 Å². The highest BCUT2D eigenvalue weighted by Crippen LogP contribution is 2.34. The molecule has 7 heteroatoms. The number of rotatable bonds is 9. The Bertz CT molecular complexity index is 1030. The van der Waals surface area contributed by atoms with Gasteiger partial charge in [0, 0.05) is 24.2 Å². The Morgan fingerprint density at radius 2 is 1.90 bits per heavy atom. The van der Waals surface area contributed by atoms with E-state index in [0.717, 1.165) is 35.4 Å². The molecule has 2 aromatic carbocycles. The number of carbonyl (C=O) groups is 1. The second kappa shape index (κ2) is 10.6. The van der Waals surface area contributed by atoms with Crippen LogP contribution in [0.15, 0.2) is 48.5 Å². The van der Waals surface area contributed by atoms with Gasteiger partial charge in [-0.2, -0.15) is 0 Å². The molecule has 3 rings (SSSR count). The lowest BCUT2D eigenvalue weighted by Crippen LogP contribution is -2.38. The number of aromatic nitrogens is 1. The summed E-state index contributed by atoms with van der Waals surface area (Å²) in [6.45, 7) is 7.43. The van der Waals surface area contributed by atoms with Crippen LogP contribution in [0.25, 0.3) is 16.3 Å². The topological polar surface area (TPSA) is 45.7 Å². The maximum absolute atomic E-state index is 13.2. The van der Waals surface area contributed by atoms with Crippen molar-refractivity contribution in [2.24, 2.45) is 0 Å². The summed E-state index contributed by atoms with van der Waals surface area (Å²) in [6, 6.07) is 13.3. The van der Waals surface area contributed by atoms with Gasteiger partial charge in [0.05, 0.1) is 11.8 Å². The fourth-order valence-electron chi connectivity index (χ4n) is 3.13. The van der Waals surface area contributed by atoms with E-state index in [9.17, 15) is 4.79 Å². The number of thiazole rings is 1. The highest BCUT2D eigenvalue weighted by molar-refractivity contribution is 7.22. The van der Waals surface area contributed by atoms with Gasteiger partial charge in [-0.1, -0.05) is 61.1 Å². The van der Waals surface area contributed by atoms with Crippen molar-refractivity contribution in [3.8, 4) is 5.75 Å². The maximum Gasteiger partial charge on any atom is 0.252 e. The number of para-hydroxylation sites is 1. The van der Waals surface area contributed by atoms with E-state index in [1.807, 2.05) is 42.5 Å². The summed E-state index contributed by atoms with van der Waals surface area (Å²) >= 11 is 7.71. The predicted molar refractivity (Wildman–Crippen MR) is 127 cm³/mol. The van der Waals surface area contributed by atoms with Crippen molar-refractivity contribution in [1.82, 2.24) is 9.88 Å². The van der Waals surface area contributed by atoms with E-state index >= 15 is 0 Å². The Balaban J connectivity index is 1.92. The average Bonchev–Trinajstić information content (AvgIpc) is 3.20. The lowest BCUT2D eigenvalue weighted by Gasteiger charge is -2.23. The number of methoxy groups -OCH3 is 1. The second-order valence-corrected chi connectivity index (χ2v) is 8.09. The fourth-order valence-corrected chi connectivity index (χ4v) is 4.35. The first-order valence-corrected chi connectivity index (χ1v) is 11.2. The van der Waals surface area contributed by atoms with Crippen molar-refractivity contribution in [2.45, 2.75) is 13.8 Å². The molecule has 30 heavy (non-hydrogen) atoms. The lowest BCUT2D eigenvalue weighted by atomic mass is 10.2. The number of hydrogen-bond acceptors (Lipinski definition) is 5. The molecular weight excluding hydrogens is 418 g/mol. The van der Waals surface area contributed by atoms with Crippen LogP contribution in [-0.2, 0) is 4.79 Å². The minimum absolute atomic E-state index is 0.125. The fraction of sp³-hybridized carbons (Fsp3) is 0.304. The summed E-state index contributed by atoms with van der Waals surface area (Å²) in [5.74, 6) is 0.581. The number of anilines is 1. The molecule has 1 heterocycles. The van der Waals surface area contributed by atoms with Crippen LogP contribution in [0.3, 0.4) is 0 Å². The summed E-state index contributed by atoms with van der Waals surface area (Å²) in [5.41, 5.74) is 1.58. The molecule has 0 radical (unpaired) electrons. The summed E-state index contributed by atoms with van der Waals surface area (Å²) in [5, 5.41) is 1.27. The highest BCUT2D eigenvalue weighted by Gasteiger charge is 2.20. The zero-order valence-electron chi connectivity index (χ0n) is 17.5. The minimum Gasteiger partial charge on any atom is -0.494 e. The summed E-state index contributed by atoms with van der Waals surface area (Å²) in [7, 11) is 1.63. The molecule has 0 aliphatic carbocycles. The number of nitrogens with zero attached hydrogens (tertiary/aromatic N) is 3. The summed E-state index contributed by atoms with van der Waals surface area (Å²) < 4.78 is 6.42. The number of carbonyl (C=O) groups excluding carboxylic acids is 1. The molecule has 0 saturated heterocycles. The number of fused-ring (bicyclic) bond motifs is 1. The molecule has 5 nitrogen and oxygen atoms in total.